The van der Waals surface area contributed by atoms with E-state index in [9.17, 15) is 9.59 Å². The molecule has 0 amide bonds. The van der Waals surface area contributed by atoms with Gasteiger partial charge in [-0.25, -0.2) is 0 Å². The minimum absolute atomic E-state index is 0.0972. The second-order valence-electron chi connectivity index (χ2n) is 8.55. The Morgan fingerprint density at radius 3 is 2.54 bits per heavy atom. The molecule has 176 valence electrons. The SMILES string of the molecule is C=C(C)COc1ccccc1C1CC(=O)Oc2ccc3c(c21)OC(=Cc1ccccc1OC)C3=O. The second kappa shape index (κ2) is 9.14. The Balaban J connectivity index is 1.60. The van der Waals surface area contributed by atoms with E-state index in [2.05, 4.69) is 6.58 Å². The number of ether oxygens (including phenoxy) is 4. The van der Waals surface area contributed by atoms with Gasteiger partial charge in [-0.05, 0) is 42.8 Å². The summed E-state index contributed by atoms with van der Waals surface area (Å²) in [4.78, 5) is 25.8. The summed E-state index contributed by atoms with van der Waals surface area (Å²) in [6, 6.07) is 18.2. The molecule has 0 fully saturated rings. The lowest BCUT2D eigenvalue weighted by Crippen LogP contribution is -2.22. The molecule has 3 aromatic carbocycles. The molecule has 35 heavy (non-hydrogen) atoms. The first kappa shape index (κ1) is 22.5. The van der Waals surface area contributed by atoms with E-state index in [1.165, 1.54) is 0 Å². The van der Waals surface area contributed by atoms with Gasteiger partial charge < -0.3 is 18.9 Å². The van der Waals surface area contributed by atoms with Crippen molar-refractivity contribution in [3.05, 3.63) is 101 Å². The van der Waals surface area contributed by atoms with E-state index in [-0.39, 0.29) is 23.9 Å². The number of para-hydroxylation sites is 2. The van der Waals surface area contributed by atoms with Crippen LogP contribution in [-0.4, -0.2) is 25.5 Å². The zero-order chi connectivity index (χ0) is 24.5. The minimum Gasteiger partial charge on any atom is -0.496 e. The van der Waals surface area contributed by atoms with Crippen LogP contribution in [0.3, 0.4) is 0 Å². The fraction of sp³-hybridized carbons (Fsp3) is 0.172. The van der Waals surface area contributed by atoms with Gasteiger partial charge in [0.1, 0.15) is 29.6 Å². The van der Waals surface area contributed by atoms with Gasteiger partial charge in [0.15, 0.2) is 5.76 Å². The van der Waals surface area contributed by atoms with Crippen molar-refractivity contribution in [1.82, 2.24) is 0 Å². The van der Waals surface area contributed by atoms with Gasteiger partial charge >= 0.3 is 5.97 Å². The Morgan fingerprint density at radius 2 is 1.77 bits per heavy atom. The van der Waals surface area contributed by atoms with Gasteiger partial charge in [-0.3, -0.25) is 9.59 Å². The molecule has 1 unspecified atom stereocenters. The zero-order valence-electron chi connectivity index (χ0n) is 19.5. The van der Waals surface area contributed by atoms with Crippen molar-refractivity contribution in [3.8, 4) is 23.0 Å². The Kier molecular flexibility index (Phi) is 5.87. The van der Waals surface area contributed by atoms with E-state index in [4.69, 9.17) is 18.9 Å². The highest BCUT2D eigenvalue weighted by Gasteiger charge is 2.39. The summed E-state index contributed by atoms with van der Waals surface area (Å²) in [5.74, 6) is 1.24. The van der Waals surface area contributed by atoms with E-state index in [1.54, 1.807) is 25.3 Å². The van der Waals surface area contributed by atoms with Crippen molar-refractivity contribution in [2.24, 2.45) is 0 Å². The first-order chi connectivity index (χ1) is 17.0. The zero-order valence-corrected chi connectivity index (χ0v) is 19.5. The number of esters is 1. The molecule has 6 nitrogen and oxygen atoms in total. The second-order valence-corrected chi connectivity index (χ2v) is 8.55. The molecule has 5 rings (SSSR count). The lowest BCUT2D eigenvalue weighted by Gasteiger charge is -2.27. The van der Waals surface area contributed by atoms with Crippen LogP contribution in [0.1, 0.15) is 46.3 Å². The van der Waals surface area contributed by atoms with Gasteiger partial charge in [0.2, 0.25) is 5.78 Å². The van der Waals surface area contributed by atoms with Crippen molar-refractivity contribution in [3.63, 3.8) is 0 Å². The molecule has 2 aliphatic rings. The molecule has 6 heteroatoms. The number of fused-ring (bicyclic) bond motifs is 3. The van der Waals surface area contributed by atoms with E-state index in [1.807, 2.05) is 55.5 Å². The van der Waals surface area contributed by atoms with Crippen LogP contribution in [0.5, 0.6) is 23.0 Å². The van der Waals surface area contributed by atoms with Gasteiger partial charge in [-0.15, -0.1) is 0 Å². The fourth-order valence-corrected chi connectivity index (χ4v) is 4.40. The van der Waals surface area contributed by atoms with Crippen molar-refractivity contribution in [1.29, 1.82) is 0 Å². The quantitative estimate of drug-likeness (QED) is 0.200. The fourth-order valence-electron chi connectivity index (χ4n) is 4.40. The third-order valence-electron chi connectivity index (χ3n) is 5.97. The normalized spacial score (nSPS) is 17.3. The number of hydrogen-bond acceptors (Lipinski definition) is 6. The van der Waals surface area contributed by atoms with E-state index < -0.39 is 5.92 Å². The Labute approximate surface area is 203 Å². The third kappa shape index (κ3) is 4.19. The van der Waals surface area contributed by atoms with Crippen molar-refractivity contribution < 1.29 is 28.5 Å². The third-order valence-corrected chi connectivity index (χ3v) is 5.97. The maximum atomic E-state index is 13.3. The molecule has 2 heterocycles. The van der Waals surface area contributed by atoms with Crippen LogP contribution >= 0.6 is 0 Å². The summed E-state index contributed by atoms with van der Waals surface area (Å²) in [6.07, 6.45) is 1.77. The summed E-state index contributed by atoms with van der Waals surface area (Å²) in [5, 5.41) is 0. The van der Waals surface area contributed by atoms with Crippen LogP contribution in [0.25, 0.3) is 6.08 Å². The number of carbonyl (C=O) groups is 2. The molecule has 0 radical (unpaired) electrons. The molecule has 0 aliphatic carbocycles. The van der Waals surface area contributed by atoms with Crippen LogP contribution in [0.4, 0.5) is 0 Å². The highest BCUT2D eigenvalue weighted by atomic mass is 16.5. The highest BCUT2D eigenvalue weighted by molar-refractivity contribution is 6.15. The van der Waals surface area contributed by atoms with E-state index in [0.717, 1.165) is 16.7 Å². The summed E-state index contributed by atoms with van der Waals surface area (Å²) >= 11 is 0. The number of rotatable bonds is 6. The first-order valence-electron chi connectivity index (χ1n) is 11.3. The Hall–Kier alpha value is -4.32. The lowest BCUT2D eigenvalue weighted by molar-refractivity contribution is -0.135. The summed E-state index contributed by atoms with van der Waals surface area (Å²) in [5.41, 5.74) is 3.50. The van der Waals surface area contributed by atoms with Crippen molar-refractivity contribution >= 4 is 17.8 Å². The molecule has 2 aliphatic heterocycles. The molecule has 0 bridgehead atoms. The number of allylic oxidation sites excluding steroid dienone is 1. The summed E-state index contributed by atoms with van der Waals surface area (Å²) < 4.78 is 23.1. The monoisotopic (exact) mass is 468 g/mol. The molecular formula is C29H24O6. The van der Waals surface area contributed by atoms with E-state index >= 15 is 0 Å². The van der Waals surface area contributed by atoms with Gasteiger partial charge in [0, 0.05) is 22.6 Å². The lowest BCUT2D eigenvalue weighted by atomic mass is 9.84. The van der Waals surface area contributed by atoms with Crippen molar-refractivity contribution in [2.45, 2.75) is 19.3 Å². The molecule has 0 aromatic heterocycles. The molecule has 0 N–H and O–H groups in total. The van der Waals surface area contributed by atoms with Crippen LogP contribution < -0.4 is 18.9 Å². The first-order valence-corrected chi connectivity index (χ1v) is 11.3. The van der Waals surface area contributed by atoms with Crippen LogP contribution in [-0.2, 0) is 4.79 Å². The number of ketones is 1. The Morgan fingerprint density at radius 1 is 1.03 bits per heavy atom. The number of carbonyl (C=O) groups excluding carboxylic acids is 2. The largest absolute Gasteiger partial charge is 0.496 e. The minimum atomic E-state index is -0.402. The number of Topliss-reactive ketones (excluding diaryl/α,β-unsaturated/α-hetero) is 1. The molecule has 0 saturated carbocycles. The molecule has 0 saturated heterocycles. The number of methoxy groups -OCH3 is 1. The average molecular weight is 469 g/mol. The smallest absolute Gasteiger partial charge is 0.312 e. The van der Waals surface area contributed by atoms with Crippen molar-refractivity contribution in [2.75, 3.05) is 13.7 Å². The Bertz CT molecular complexity index is 1380. The number of benzene rings is 3. The standard InChI is InChI=1S/C29H24O6/c1-17(2)16-33-23-11-7-5-9-19(23)21-15-26(30)34-24-13-12-20-28(31)25(35-29(20)27(21)24)14-18-8-4-6-10-22(18)32-3/h4-14,21H,1,15-16H2,2-3H3. The predicted molar refractivity (Wildman–Crippen MR) is 131 cm³/mol. The predicted octanol–water partition coefficient (Wildman–Crippen LogP) is 5.71. The number of hydrogen-bond donors (Lipinski definition) is 0. The summed E-state index contributed by atoms with van der Waals surface area (Å²) in [6.45, 7) is 6.14. The van der Waals surface area contributed by atoms with Gasteiger partial charge in [0.25, 0.3) is 0 Å². The van der Waals surface area contributed by atoms with Crippen LogP contribution in [0, 0.1) is 0 Å². The summed E-state index contributed by atoms with van der Waals surface area (Å²) in [7, 11) is 1.58. The molecule has 3 aromatic rings. The average Bonchev–Trinajstić information content (AvgIpc) is 3.17. The highest BCUT2D eigenvalue weighted by Crippen LogP contribution is 2.50. The molecule has 0 spiro atoms. The van der Waals surface area contributed by atoms with E-state index in [0.29, 0.717) is 40.7 Å². The van der Waals surface area contributed by atoms with Crippen LogP contribution in [0.15, 0.2) is 78.6 Å². The van der Waals surface area contributed by atoms with Gasteiger partial charge in [-0.2, -0.15) is 0 Å². The van der Waals surface area contributed by atoms with Gasteiger partial charge in [-0.1, -0.05) is 43.0 Å². The van der Waals surface area contributed by atoms with Gasteiger partial charge in [0.05, 0.1) is 19.1 Å². The van der Waals surface area contributed by atoms with Crippen LogP contribution in [0.2, 0.25) is 0 Å². The molecular weight excluding hydrogens is 444 g/mol. The molecule has 1 atom stereocenters. The maximum absolute atomic E-state index is 13.3. The topological polar surface area (TPSA) is 71.1 Å². The maximum Gasteiger partial charge on any atom is 0.312 e.